The molecule has 3 rings (SSSR count). The first kappa shape index (κ1) is 17.8. The van der Waals surface area contributed by atoms with Crippen molar-refractivity contribution in [2.75, 3.05) is 14.2 Å². The minimum atomic E-state index is -0.820. The number of ether oxygens (including phenoxy) is 2. The van der Waals surface area contributed by atoms with Gasteiger partial charge < -0.3 is 19.1 Å². The number of aliphatic carboxylic acids is 1. The fourth-order valence-corrected chi connectivity index (χ4v) is 2.99. The van der Waals surface area contributed by atoms with Gasteiger partial charge >= 0.3 is 5.97 Å². The van der Waals surface area contributed by atoms with E-state index >= 15 is 0 Å². The molecular weight excluding hydrogens is 332 g/mol. The van der Waals surface area contributed by atoms with Gasteiger partial charge in [-0.1, -0.05) is 25.1 Å². The minimum absolute atomic E-state index is 0.373. The van der Waals surface area contributed by atoms with E-state index in [9.17, 15) is 9.90 Å². The van der Waals surface area contributed by atoms with E-state index in [2.05, 4.69) is 0 Å². The molecule has 0 aliphatic carbocycles. The second kappa shape index (κ2) is 7.47. The number of hydrogen-bond donors (Lipinski definition) is 1. The molecular formula is C20H22N2O4. The Kier molecular flexibility index (Phi) is 5.11. The lowest BCUT2D eigenvalue weighted by Gasteiger charge is -2.13. The van der Waals surface area contributed by atoms with E-state index in [0.717, 1.165) is 22.4 Å². The van der Waals surface area contributed by atoms with Gasteiger partial charge in [-0.05, 0) is 29.8 Å². The highest BCUT2D eigenvalue weighted by Crippen LogP contribution is 2.29. The predicted octanol–water partition coefficient (Wildman–Crippen LogP) is 3.37. The van der Waals surface area contributed by atoms with E-state index in [4.69, 9.17) is 14.5 Å². The zero-order valence-electron chi connectivity index (χ0n) is 15.1. The monoisotopic (exact) mass is 354 g/mol. The van der Waals surface area contributed by atoms with Crippen molar-refractivity contribution in [2.24, 2.45) is 5.92 Å². The smallest absolute Gasteiger partial charge is 0.308 e. The Morgan fingerprint density at radius 1 is 1.15 bits per heavy atom. The van der Waals surface area contributed by atoms with Crippen molar-refractivity contribution in [3.63, 3.8) is 0 Å². The number of aromatic nitrogens is 2. The van der Waals surface area contributed by atoms with Gasteiger partial charge in [-0.25, -0.2) is 4.98 Å². The van der Waals surface area contributed by atoms with Crippen LogP contribution < -0.4 is 9.47 Å². The minimum Gasteiger partial charge on any atom is -0.493 e. The van der Waals surface area contributed by atoms with Crippen LogP contribution in [0.5, 0.6) is 11.5 Å². The van der Waals surface area contributed by atoms with Crippen LogP contribution in [0.25, 0.3) is 11.0 Å². The van der Waals surface area contributed by atoms with Crippen LogP contribution in [-0.2, 0) is 17.8 Å². The maximum Gasteiger partial charge on any atom is 0.308 e. The van der Waals surface area contributed by atoms with Crippen molar-refractivity contribution in [3.8, 4) is 11.5 Å². The molecule has 136 valence electrons. The molecule has 0 saturated carbocycles. The molecule has 0 saturated heterocycles. The standard InChI is InChI=1S/C20H22N2O4/c1-13(20(23)24)12-22-16-7-5-4-6-15(16)21-19(22)11-14-8-9-17(25-2)18(10-14)26-3/h4-10,13H,11-12H2,1-3H3,(H,23,24)/t13-/m1/s1. The number of para-hydroxylation sites is 2. The molecule has 0 aliphatic rings. The molecule has 0 aliphatic heterocycles. The molecule has 1 N–H and O–H groups in total. The number of benzene rings is 2. The van der Waals surface area contributed by atoms with E-state index in [-0.39, 0.29) is 0 Å². The van der Waals surface area contributed by atoms with Crippen LogP contribution >= 0.6 is 0 Å². The van der Waals surface area contributed by atoms with E-state index in [1.54, 1.807) is 21.1 Å². The second-order valence-corrected chi connectivity index (χ2v) is 6.23. The van der Waals surface area contributed by atoms with Crippen LogP contribution in [0.2, 0.25) is 0 Å². The average Bonchev–Trinajstić information content (AvgIpc) is 2.98. The Morgan fingerprint density at radius 3 is 2.58 bits per heavy atom. The van der Waals surface area contributed by atoms with Gasteiger partial charge in [-0.15, -0.1) is 0 Å². The van der Waals surface area contributed by atoms with Crippen molar-refractivity contribution in [1.29, 1.82) is 0 Å². The van der Waals surface area contributed by atoms with Gasteiger partial charge in [0.15, 0.2) is 11.5 Å². The summed E-state index contributed by atoms with van der Waals surface area (Å²) in [5.41, 5.74) is 2.82. The van der Waals surface area contributed by atoms with Gasteiger partial charge in [-0.2, -0.15) is 0 Å². The van der Waals surface area contributed by atoms with Gasteiger partial charge in [0, 0.05) is 13.0 Å². The lowest BCUT2D eigenvalue weighted by Crippen LogP contribution is -2.18. The molecule has 0 fully saturated rings. The topological polar surface area (TPSA) is 73.6 Å². The molecule has 0 unspecified atom stereocenters. The molecule has 1 aromatic heterocycles. The highest BCUT2D eigenvalue weighted by atomic mass is 16.5. The van der Waals surface area contributed by atoms with Gasteiger partial charge in [0.1, 0.15) is 5.82 Å². The lowest BCUT2D eigenvalue weighted by atomic mass is 10.1. The molecule has 0 radical (unpaired) electrons. The molecule has 0 bridgehead atoms. The number of rotatable bonds is 7. The second-order valence-electron chi connectivity index (χ2n) is 6.23. The predicted molar refractivity (Wildman–Crippen MR) is 98.9 cm³/mol. The van der Waals surface area contributed by atoms with Crippen LogP contribution in [0.15, 0.2) is 42.5 Å². The summed E-state index contributed by atoms with van der Waals surface area (Å²) >= 11 is 0. The number of imidazole rings is 1. The highest BCUT2D eigenvalue weighted by Gasteiger charge is 2.18. The molecule has 0 amide bonds. The van der Waals surface area contributed by atoms with Crippen molar-refractivity contribution in [1.82, 2.24) is 9.55 Å². The SMILES string of the molecule is COc1ccc(Cc2nc3ccccc3n2C[C@@H](C)C(=O)O)cc1OC. The Morgan fingerprint density at radius 2 is 1.88 bits per heavy atom. The molecule has 2 aromatic carbocycles. The third-order valence-corrected chi connectivity index (χ3v) is 4.42. The van der Waals surface area contributed by atoms with E-state index in [0.29, 0.717) is 24.5 Å². The number of nitrogens with zero attached hydrogens (tertiary/aromatic N) is 2. The Bertz CT molecular complexity index is 933. The van der Waals surface area contributed by atoms with Crippen molar-refractivity contribution < 1.29 is 19.4 Å². The molecule has 1 heterocycles. The number of carboxylic acid groups (broad SMARTS) is 1. The van der Waals surface area contributed by atoms with E-state index in [1.807, 2.05) is 47.0 Å². The maximum atomic E-state index is 11.3. The first-order chi connectivity index (χ1) is 12.5. The van der Waals surface area contributed by atoms with Crippen LogP contribution in [0.3, 0.4) is 0 Å². The fraction of sp³-hybridized carbons (Fsp3) is 0.300. The summed E-state index contributed by atoms with van der Waals surface area (Å²) in [6.45, 7) is 2.08. The Hall–Kier alpha value is -3.02. The first-order valence-electron chi connectivity index (χ1n) is 8.41. The number of carbonyl (C=O) groups is 1. The molecule has 3 aromatic rings. The molecule has 0 spiro atoms. The van der Waals surface area contributed by atoms with Crippen LogP contribution in [0.1, 0.15) is 18.3 Å². The zero-order chi connectivity index (χ0) is 18.7. The van der Waals surface area contributed by atoms with E-state index in [1.165, 1.54) is 0 Å². The number of carboxylic acids is 1. The summed E-state index contributed by atoms with van der Waals surface area (Å²) in [7, 11) is 3.20. The summed E-state index contributed by atoms with van der Waals surface area (Å²) in [6, 6.07) is 13.5. The maximum absolute atomic E-state index is 11.3. The fourth-order valence-electron chi connectivity index (χ4n) is 2.99. The zero-order valence-corrected chi connectivity index (χ0v) is 15.1. The van der Waals surface area contributed by atoms with Gasteiger partial charge in [0.25, 0.3) is 0 Å². The average molecular weight is 354 g/mol. The third kappa shape index (κ3) is 3.49. The Balaban J connectivity index is 2.00. The highest BCUT2D eigenvalue weighted by molar-refractivity contribution is 5.76. The number of hydrogen-bond acceptors (Lipinski definition) is 4. The van der Waals surface area contributed by atoms with Gasteiger partial charge in [0.2, 0.25) is 0 Å². The van der Waals surface area contributed by atoms with Gasteiger partial charge in [-0.3, -0.25) is 4.79 Å². The molecule has 26 heavy (non-hydrogen) atoms. The summed E-state index contributed by atoms with van der Waals surface area (Å²) in [5, 5.41) is 9.30. The largest absolute Gasteiger partial charge is 0.493 e. The summed E-state index contributed by atoms with van der Waals surface area (Å²) in [6.07, 6.45) is 0.571. The van der Waals surface area contributed by atoms with Crippen molar-refractivity contribution in [2.45, 2.75) is 19.9 Å². The number of fused-ring (bicyclic) bond motifs is 1. The van der Waals surface area contributed by atoms with Crippen LogP contribution in [0, 0.1) is 5.92 Å². The lowest BCUT2D eigenvalue weighted by molar-refractivity contribution is -0.141. The van der Waals surface area contributed by atoms with Crippen LogP contribution in [0.4, 0.5) is 0 Å². The molecule has 1 atom stereocenters. The van der Waals surface area contributed by atoms with Crippen molar-refractivity contribution >= 4 is 17.0 Å². The van der Waals surface area contributed by atoms with Gasteiger partial charge in [0.05, 0.1) is 31.2 Å². The third-order valence-electron chi connectivity index (χ3n) is 4.42. The van der Waals surface area contributed by atoms with E-state index < -0.39 is 11.9 Å². The van der Waals surface area contributed by atoms with Crippen LogP contribution in [-0.4, -0.2) is 34.8 Å². The summed E-state index contributed by atoms with van der Waals surface area (Å²) in [4.78, 5) is 16.0. The quantitative estimate of drug-likeness (QED) is 0.704. The number of methoxy groups -OCH3 is 2. The summed E-state index contributed by atoms with van der Waals surface area (Å²) < 4.78 is 12.6. The Labute approximate surface area is 152 Å². The summed E-state index contributed by atoms with van der Waals surface area (Å²) in [5.74, 6) is 0.832. The normalized spacial score (nSPS) is 12.1. The molecule has 6 nitrogen and oxygen atoms in total. The van der Waals surface area contributed by atoms with Crippen molar-refractivity contribution in [3.05, 3.63) is 53.9 Å². The first-order valence-corrected chi connectivity index (χ1v) is 8.41. The molecule has 6 heteroatoms.